The minimum atomic E-state index is -1.09. The maximum Gasteiger partial charge on any atom is 0.335 e. The summed E-state index contributed by atoms with van der Waals surface area (Å²) in [5.74, 6) is -1.87. The lowest BCUT2D eigenvalue weighted by molar-refractivity contribution is -0.129. The third-order valence-electron chi connectivity index (χ3n) is 9.54. The van der Waals surface area contributed by atoms with Gasteiger partial charge < -0.3 is 10.4 Å². The molecule has 4 aromatic rings. The normalized spacial score (nSPS) is 26.7. The Labute approximate surface area is 244 Å². The molecule has 7 nitrogen and oxygen atoms in total. The molecule has 0 bridgehead atoms. The highest BCUT2D eigenvalue weighted by Crippen LogP contribution is 2.60. The van der Waals surface area contributed by atoms with Crippen molar-refractivity contribution in [1.82, 2.24) is 14.7 Å². The molecule has 1 amide bonds. The molecular formula is C31H25Cl2FN4O3. The number of aromatic carboxylic acids is 1. The molecule has 1 aliphatic carbocycles. The molecule has 1 spiro atoms. The smallest absolute Gasteiger partial charge is 0.335 e. The predicted octanol–water partition coefficient (Wildman–Crippen LogP) is 6.09. The Morgan fingerprint density at radius 3 is 2.76 bits per heavy atom. The number of amides is 1. The van der Waals surface area contributed by atoms with E-state index in [1.807, 2.05) is 22.9 Å². The zero-order valence-corrected chi connectivity index (χ0v) is 23.3. The van der Waals surface area contributed by atoms with E-state index in [0.717, 1.165) is 36.0 Å². The minimum absolute atomic E-state index is 0.00758. The number of carbonyl (C=O) groups excluding carboxylic acids is 1. The first-order chi connectivity index (χ1) is 19.8. The summed E-state index contributed by atoms with van der Waals surface area (Å²) in [4.78, 5) is 28.5. The van der Waals surface area contributed by atoms with Crippen molar-refractivity contribution in [2.75, 3.05) is 11.9 Å². The van der Waals surface area contributed by atoms with Crippen molar-refractivity contribution in [2.24, 2.45) is 5.92 Å². The maximum absolute atomic E-state index is 16.1. The van der Waals surface area contributed by atoms with Crippen LogP contribution in [-0.4, -0.2) is 49.8 Å². The molecule has 3 aromatic carbocycles. The fourth-order valence-electron chi connectivity index (χ4n) is 7.62. The number of halogens is 3. The Kier molecular flexibility index (Phi) is 5.40. The molecular weight excluding hydrogens is 566 g/mol. The first-order valence-electron chi connectivity index (χ1n) is 13.8. The summed E-state index contributed by atoms with van der Waals surface area (Å²) in [7, 11) is 0. The molecule has 208 valence electrons. The number of hydrogen-bond acceptors (Lipinski definition) is 4. The molecule has 0 unspecified atom stereocenters. The molecule has 4 aliphatic rings. The van der Waals surface area contributed by atoms with E-state index >= 15 is 4.39 Å². The van der Waals surface area contributed by atoms with Crippen LogP contribution < -0.4 is 5.32 Å². The number of carbonyl (C=O) groups is 2. The standard InChI is InChI=1S/C31H25Cl2FN4O3/c32-18-8-6-17-13-31(30(41)35-22(17)11-18)26(20-2-1-3-21(33)27(20)34)28-25(37(31)14-15-4-5-15)12-24-19-9-7-16(29(39)40)10-23(19)36-38(24)28/h1-3,6-11,15,25-26,28H,4-5,12-14H2,(H,35,41)(H,39,40)/t25-,26-,28+,31+/m0/s1. The molecule has 41 heavy (non-hydrogen) atoms. The average molecular weight is 591 g/mol. The molecule has 10 heteroatoms. The third-order valence-corrected chi connectivity index (χ3v) is 10.1. The number of anilines is 1. The van der Waals surface area contributed by atoms with Gasteiger partial charge in [0.1, 0.15) is 11.4 Å². The lowest BCUT2D eigenvalue weighted by atomic mass is 9.71. The lowest BCUT2D eigenvalue weighted by Gasteiger charge is -2.46. The topological polar surface area (TPSA) is 87.5 Å². The minimum Gasteiger partial charge on any atom is -0.478 e. The van der Waals surface area contributed by atoms with Crippen molar-refractivity contribution in [1.29, 1.82) is 0 Å². The molecule has 3 aliphatic heterocycles. The molecule has 2 N–H and O–H groups in total. The molecule has 4 atom stereocenters. The van der Waals surface area contributed by atoms with Gasteiger partial charge in [-0.1, -0.05) is 47.5 Å². The fourth-order valence-corrected chi connectivity index (χ4v) is 7.97. The zero-order valence-electron chi connectivity index (χ0n) is 21.8. The second kappa shape index (κ2) is 8.77. The number of rotatable bonds is 4. The second-order valence-corrected chi connectivity index (χ2v) is 12.6. The Morgan fingerprint density at radius 1 is 1.15 bits per heavy atom. The molecule has 1 aromatic heterocycles. The number of hydrogen-bond donors (Lipinski definition) is 2. The zero-order chi connectivity index (χ0) is 28.2. The summed E-state index contributed by atoms with van der Waals surface area (Å²) < 4.78 is 18.0. The van der Waals surface area contributed by atoms with Crippen LogP contribution >= 0.6 is 23.2 Å². The summed E-state index contributed by atoms with van der Waals surface area (Å²) in [6.07, 6.45) is 3.20. The molecule has 0 radical (unpaired) electrons. The van der Waals surface area contributed by atoms with Crippen LogP contribution in [0.15, 0.2) is 54.6 Å². The summed E-state index contributed by atoms with van der Waals surface area (Å²) in [5.41, 5.74) is 2.62. The van der Waals surface area contributed by atoms with E-state index in [9.17, 15) is 14.7 Å². The van der Waals surface area contributed by atoms with Gasteiger partial charge in [-0.05, 0) is 60.2 Å². The van der Waals surface area contributed by atoms with Crippen molar-refractivity contribution >= 4 is 51.7 Å². The Balaban J connectivity index is 1.37. The van der Waals surface area contributed by atoms with E-state index in [1.54, 1.807) is 30.3 Å². The van der Waals surface area contributed by atoms with Crippen molar-refractivity contribution in [3.05, 3.63) is 92.8 Å². The van der Waals surface area contributed by atoms with E-state index in [-0.39, 0.29) is 28.6 Å². The van der Waals surface area contributed by atoms with E-state index in [2.05, 4.69) is 10.2 Å². The second-order valence-electron chi connectivity index (χ2n) is 11.8. The van der Waals surface area contributed by atoms with Crippen LogP contribution in [0.2, 0.25) is 10.0 Å². The van der Waals surface area contributed by atoms with Gasteiger partial charge in [0.15, 0.2) is 0 Å². The Bertz CT molecular complexity index is 1800. The predicted molar refractivity (Wildman–Crippen MR) is 153 cm³/mol. The van der Waals surface area contributed by atoms with E-state index in [4.69, 9.17) is 28.3 Å². The summed E-state index contributed by atoms with van der Waals surface area (Å²) in [6.45, 7) is 0.724. The number of likely N-dealkylation sites (tertiary alicyclic amines) is 1. The van der Waals surface area contributed by atoms with Crippen LogP contribution in [0.4, 0.5) is 10.1 Å². The van der Waals surface area contributed by atoms with Gasteiger partial charge in [-0.2, -0.15) is 5.10 Å². The van der Waals surface area contributed by atoms with Gasteiger partial charge in [0, 0.05) is 53.1 Å². The van der Waals surface area contributed by atoms with Gasteiger partial charge in [-0.25, -0.2) is 9.18 Å². The van der Waals surface area contributed by atoms with Crippen LogP contribution in [0.3, 0.4) is 0 Å². The van der Waals surface area contributed by atoms with Crippen LogP contribution in [0.5, 0.6) is 0 Å². The summed E-state index contributed by atoms with van der Waals surface area (Å²) >= 11 is 12.6. The van der Waals surface area contributed by atoms with Gasteiger partial charge in [-0.15, -0.1) is 0 Å². The highest BCUT2D eigenvalue weighted by atomic mass is 35.5. The van der Waals surface area contributed by atoms with Gasteiger partial charge in [0.05, 0.1) is 22.1 Å². The summed E-state index contributed by atoms with van der Waals surface area (Å²) in [6, 6.07) is 15.0. The van der Waals surface area contributed by atoms with E-state index in [0.29, 0.717) is 40.5 Å². The average Bonchev–Trinajstić information content (AvgIpc) is 3.53. The van der Waals surface area contributed by atoms with Crippen molar-refractivity contribution < 1.29 is 19.1 Å². The molecule has 4 heterocycles. The number of carboxylic acid groups (broad SMARTS) is 1. The van der Waals surface area contributed by atoms with Crippen molar-refractivity contribution in [2.45, 2.75) is 49.2 Å². The number of nitrogens with zero attached hydrogens (tertiary/aromatic N) is 3. The van der Waals surface area contributed by atoms with Gasteiger partial charge in [0.2, 0.25) is 5.91 Å². The van der Waals surface area contributed by atoms with Crippen molar-refractivity contribution in [3.8, 4) is 0 Å². The maximum atomic E-state index is 16.1. The lowest BCUT2D eigenvalue weighted by Crippen LogP contribution is -2.61. The Hall–Kier alpha value is -3.46. The SMILES string of the molecule is O=C(O)c1ccc2c3n(nc2c1)[C@@H]1[C@H](C3)N(CC2CC2)[C@]2(Cc3ccc(Cl)cc3NC2=O)[C@H]1c1cccc(Cl)c1F. The quantitative estimate of drug-likeness (QED) is 0.300. The Morgan fingerprint density at radius 2 is 1.98 bits per heavy atom. The third kappa shape index (κ3) is 3.57. The fraction of sp³-hybridized carbons (Fsp3) is 0.323. The van der Waals surface area contributed by atoms with Crippen LogP contribution in [0.25, 0.3) is 10.9 Å². The molecule has 2 fully saturated rings. The van der Waals surface area contributed by atoms with Gasteiger partial charge >= 0.3 is 5.97 Å². The van der Waals surface area contributed by atoms with Gasteiger partial charge in [-0.3, -0.25) is 14.4 Å². The van der Waals surface area contributed by atoms with E-state index < -0.39 is 23.2 Å². The largest absolute Gasteiger partial charge is 0.478 e. The highest BCUT2D eigenvalue weighted by Gasteiger charge is 2.67. The van der Waals surface area contributed by atoms with Crippen molar-refractivity contribution in [3.63, 3.8) is 0 Å². The summed E-state index contributed by atoms with van der Waals surface area (Å²) in [5, 5.41) is 19.0. The molecule has 1 saturated carbocycles. The number of fused-ring (bicyclic) bond motifs is 6. The monoisotopic (exact) mass is 590 g/mol. The number of carboxylic acids is 1. The first kappa shape index (κ1) is 25.3. The molecule has 8 rings (SSSR count). The van der Waals surface area contributed by atoms with Crippen LogP contribution in [0.1, 0.15) is 52.0 Å². The first-order valence-corrected chi connectivity index (χ1v) is 14.6. The van der Waals surface area contributed by atoms with Gasteiger partial charge in [0.25, 0.3) is 0 Å². The number of nitrogens with one attached hydrogen (secondary N) is 1. The number of benzene rings is 3. The van der Waals surface area contributed by atoms with Crippen LogP contribution in [-0.2, 0) is 17.6 Å². The highest BCUT2D eigenvalue weighted by molar-refractivity contribution is 6.31. The number of aromatic nitrogens is 2. The van der Waals surface area contributed by atoms with Crippen LogP contribution in [0, 0.1) is 11.7 Å². The molecule has 1 saturated heterocycles. The van der Waals surface area contributed by atoms with E-state index in [1.165, 1.54) is 6.07 Å².